The minimum Gasteiger partial charge on any atom is -0.477 e. The highest BCUT2D eigenvalue weighted by Crippen LogP contribution is 2.30. The van der Waals surface area contributed by atoms with E-state index in [1.807, 2.05) is 6.07 Å². The number of benzene rings is 2. The second-order valence-electron chi connectivity index (χ2n) is 9.99. The predicted molar refractivity (Wildman–Crippen MR) is 164 cm³/mol. The van der Waals surface area contributed by atoms with Crippen LogP contribution in [0, 0.1) is 11.3 Å². The van der Waals surface area contributed by atoms with E-state index in [2.05, 4.69) is 15.9 Å². The number of nitriles is 1. The molecule has 0 aliphatic carbocycles. The average Bonchev–Trinajstić information content (AvgIpc) is 3.47. The second-order valence-corrected chi connectivity index (χ2v) is 11.4. The molecule has 4 rings (SSSR count). The number of halogens is 3. The van der Waals surface area contributed by atoms with E-state index in [-0.39, 0.29) is 24.4 Å². The van der Waals surface area contributed by atoms with Crippen molar-refractivity contribution < 1.29 is 38.9 Å². The van der Waals surface area contributed by atoms with Gasteiger partial charge in [0, 0.05) is 26.1 Å². The lowest BCUT2D eigenvalue weighted by atomic mass is 10.1. The van der Waals surface area contributed by atoms with Crippen molar-refractivity contribution in [2.24, 2.45) is 0 Å². The Balaban J connectivity index is 0.000000248. The lowest BCUT2D eigenvalue weighted by Gasteiger charge is -2.21. The summed E-state index contributed by atoms with van der Waals surface area (Å²) in [6.07, 6.45) is -2.02. The van der Waals surface area contributed by atoms with Crippen molar-refractivity contribution in [2.75, 3.05) is 6.61 Å². The number of nitrogens with zero attached hydrogens (tertiary/aromatic N) is 3. The van der Waals surface area contributed by atoms with Crippen LogP contribution in [0.5, 0.6) is 0 Å². The normalized spacial score (nSPS) is 11.0. The van der Waals surface area contributed by atoms with Crippen LogP contribution < -0.4 is 0 Å². The Kier molecular flexibility index (Phi) is 10.5. The van der Waals surface area contributed by atoms with Gasteiger partial charge in [0.05, 0.1) is 30.1 Å². The van der Waals surface area contributed by atoms with E-state index < -0.39 is 29.7 Å². The molecule has 0 saturated carbocycles. The monoisotopic (exact) mass is 693 g/mol. The van der Waals surface area contributed by atoms with Gasteiger partial charge in [0.15, 0.2) is 0 Å². The van der Waals surface area contributed by atoms with Crippen molar-refractivity contribution in [3.63, 3.8) is 0 Å². The van der Waals surface area contributed by atoms with Gasteiger partial charge in [-0.1, -0.05) is 39.1 Å². The summed E-state index contributed by atoms with van der Waals surface area (Å²) < 4.78 is 12.4. The molecule has 4 aromatic rings. The number of carboxylic acid groups (broad SMARTS) is 2. The molecule has 0 amide bonds. The zero-order valence-corrected chi connectivity index (χ0v) is 26.5. The van der Waals surface area contributed by atoms with Gasteiger partial charge in [0.25, 0.3) is 0 Å². The van der Waals surface area contributed by atoms with Crippen LogP contribution >= 0.6 is 39.1 Å². The molecule has 14 heteroatoms. The Morgan fingerprint density at radius 3 is 1.91 bits per heavy atom. The van der Waals surface area contributed by atoms with Crippen molar-refractivity contribution in [1.29, 1.82) is 5.26 Å². The van der Waals surface area contributed by atoms with Crippen LogP contribution in [0.3, 0.4) is 0 Å². The Bertz CT molecular complexity index is 1800. The van der Waals surface area contributed by atoms with Crippen LogP contribution in [-0.4, -0.2) is 55.7 Å². The topological polar surface area (TPSA) is 161 Å². The number of rotatable bonds is 5. The number of hydrogen-bond donors (Lipinski definition) is 2. The van der Waals surface area contributed by atoms with Gasteiger partial charge < -0.3 is 19.7 Å². The van der Waals surface area contributed by atoms with Gasteiger partial charge in [-0.25, -0.2) is 28.3 Å². The second kappa shape index (κ2) is 13.5. The number of carbonyl (C=O) groups is 4. The largest absolute Gasteiger partial charge is 0.477 e. The smallest absolute Gasteiger partial charge is 0.419 e. The minimum absolute atomic E-state index is 0.0339. The van der Waals surface area contributed by atoms with Gasteiger partial charge in [0.1, 0.15) is 17.0 Å². The maximum Gasteiger partial charge on any atom is 0.419 e. The molecule has 226 valence electrons. The first-order valence-corrected chi connectivity index (χ1v) is 14.5. The summed E-state index contributed by atoms with van der Waals surface area (Å²) in [6.45, 7) is 7.03. The highest BCUT2D eigenvalue weighted by molar-refractivity contribution is 9.08. The van der Waals surface area contributed by atoms with Gasteiger partial charge in [-0.15, -0.1) is 0 Å². The summed E-state index contributed by atoms with van der Waals surface area (Å²) in [5.74, 6) is -1.95. The molecular weight excluding hydrogens is 669 g/mol. The summed E-state index contributed by atoms with van der Waals surface area (Å²) in [6, 6.07) is 11.2. The molecule has 2 N–H and O–H groups in total. The zero-order chi connectivity index (χ0) is 32.2. The van der Waals surface area contributed by atoms with Crippen LogP contribution in [0.15, 0.2) is 36.4 Å². The molecule has 0 fully saturated rings. The van der Waals surface area contributed by atoms with Crippen molar-refractivity contribution >= 4 is 85.1 Å². The van der Waals surface area contributed by atoms with Crippen LogP contribution in [0.1, 0.15) is 59.8 Å². The molecule has 2 aromatic heterocycles. The molecule has 43 heavy (non-hydrogen) atoms. The standard InChI is InChI=1S/C18H19ClN2O4.C11H7BrClNO4/c1-5-24-16(22)14-10-12-9-13(19)8-11(6-7-20)15(12)21(14)17(23)25-18(2,3)4;12-4-6-2-7(13)1-5-3-8(10(15)16)14(9(5)6)11(17)18/h8-10H,5-6H2,1-4H3;1-3H,4H2,(H,15,16)(H,17,18). The molecule has 2 heterocycles. The molecule has 11 nitrogen and oxygen atoms in total. The predicted octanol–water partition coefficient (Wildman–Crippen LogP) is 7.73. The summed E-state index contributed by atoms with van der Waals surface area (Å²) in [5.41, 5.74) is 0.888. The van der Waals surface area contributed by atoms with Crippen molar-refractivity contribution in [3.05, 3.63) is 69.0 Å². The van der Waals surface area contributed by atoms with E-state index in [4.69, 9.17) is 48.2 Å². The third kappa shape index (κ3) is 7.48. The van der Waals surface area contributed by atoms with Gasteiger partial charge in [-0.3, -0.25) is 0 Å². The third-order valence-electron chi connectivity index (χ3n) is 5.76. The Labute approximate surface area is 264 Å². The lowest BCUT2D eigenvalue weighted by molar-refractivity contribution is 0.0454. The highest BCUT2D eigenvalue weighted by atomic mass is 79.9. The van der Waals surface area contributed by atoms with Crippen LogP contribution in [0.4, 0.5) is 9.59 Å². The molecule has 0 bridgehead atoms. The molecule has 0 aliphatic heterocycles. The Hall–Kier alpha value is -4.05. The first kappa shape index (κ1) is 33.5. The fourth-order valence-corrected chi connectivity index (χ4v) is 5.24. The van der Waals surface area contributed by atoms with E-state index >= 15 is 0 Å². The van der Waals surface area contributed by atoms with E-state index in [1.54, 1.807) is 45.9 Å². The third-order valence-corrected chi connectivity index (χ3v) is 6.80. The molecular formula is C29H26BrCl2N3O8. The van der Waals surface area contributed by atoms with Gasteiger partial charge in [0.2, 0.25) is 0 Å². The fourth-order valence-electron chi connectivity index (χ4n) is 4.32. The number of hydrogen-bond acceptors (Lipinski definition) is 7. The maximum absolute atomic E-state index is 12.7. The minimum atomic E-state index is -1.34. The number of ether oxygens (including phenoxy) is 2. The number of aromatic carboxylic acids is 1. The van der Waals surface area contributed by atoms with Crippen LogP contribution in [0.25, 0.3) is 21.8 Å². The zero-order valence-electron chi connectivity index (χ0n) is 23.4. The van der Waals surface area contributed by atoms with Crippen molar-refractivity contribution in [2.45, 2.75) is 45.0 Å². The van der Waals surface area contributed by atoms with Crippen molar-refractivity contribution in [1.82, 2.24) is 9.13 Å². The Morgan fingerprint density at radius 1 is 0.907 bits per heavy atom. The summed E-state index contributed by atoms with van der Waals surface area (Å²) in [5, 5.41) is 29.5. The van der Waals surface area contributed by atoms with Gasteiger partial charge in [-0.05, 0) is 75.2 Å². The average molecular weight is 695 g/mol. The van der Waals surface area contributed by atoms with E-state index in [9.17, 15) is 19.2 Å². The molecule has 0 radical (unpaired) electrons. The number of alkyl halides is 1. The van der Waals surface area contributed by atoms with E-state index in [1.165, 1.54) is 18.2 Å². The number of aromatic nitrogens is 2. The molecule has 0 spiro atoms. The molecule has 0 aliphatic rings. The summed E-state index contributed by atoms with van der Waals surface area (Å²) >= 11 is 15.2. The fraction of sp³-hybridized carbons (Fsp3) is 0.276. The number of esters is 1. The van der Waals surface area contributed by atoms with E-state index in [0.717, 1.165) is 9.13 Å². The molecule has 0 saturated heterocycles. The first-order valence-electron chi connectivity index (χ1n) is 12.6. The number of carboxylic acids is 1. The van der Waals surface area contributed by atoms with Crippen molar-refractivity contribution in [3.8, 4) is 6.07 Å². The Morgan fingerprint density at radius 2 is 1.44 bits per heavy atom. The van der Waals surface area contributed by atoms with Gasteiger partial charge >= 0.3 is 24.1 Å². The highest BCUT2D eigenvalue weighted by Gasteiger charge is 2.27. The lowest BCUT2D eigenvalue weighted by Crippen LogP contribution is -2.29. The molecule has 0 atom stereocenters. The summed E-state index contributed by atoms with van der Waals surface area (Å²) in [4.78, 5) is 47.3. The molecule has 2 aromatic carbocycles. The quantitative estimate of drug-likeness (QED) is 0.157. The SMILES string of the molecule is CCOC(=O)c1cc2cc(Cl)cc(CC#N)c2n1C(=O)OC(C)(C)C.O=C(O)c1cc2cc(Cl)cc(CBr)c2n1C(=O)O. The summed E-state index contributed by atoms with van der Waals surface area (Å²) in [7, 11) is 0. The van der Waals surface area contributed by atoms with Crippen LogP contribution in [0.2, 0.25) is 10.0 Å². The molecule has 0 unspecified atom stereocenters. The van der Waals surface area contributed by atoms with Gasteiger partial charge in [-0.2, -0.15) is 5.26 Å². The number of carbonyl (C=O) groups excluding carboxylic acids is 2. The number of fused-ring (bicyclic) bond motifs is 2. The first-order chi connectivity index (χ1) is 20.1. The van der Waals surface area contributed by atoms with Crippen LogP contribution in [-0.2, 0) is 21.2 Å². The maximum atomic E-state index is 12.7. The van der Waals surface area contributed by atoms with E-state index in [0.29, 0.717) is 48.3 Å².